The monoisotopic (exact) mass is 437 g/mol. The van der Waals surface area contributed by atoms with Gasteiger partial charge in [0.25, 0.3) is 0 Å². The third-order valence-corrected chi connectivity index (χ3v) is 5.83. The molecule has 2 heterocycles. The molecule has 7 heteroatoms. The minimum absolute atomic E-state index is 0.439. The Bertz CT molecular complexity index is 1210. The molecule has 0 aliphatic rings. The molecule has 4 rings (SSSR count). The van der Waals surface area contributed by atoms with Crippen molar-refractivity contribution in [1.82, 2.24) is 14.6 Å². The minimum atomic E-state index is -0.824. The van der Waals surface area contributed by atoms with Gasteiger partial charge in [-0.2, -0.15) is 0 Å². The van der Waals surface area contributed by atoms with Gasteiger partial charge in [-0.1, -0.05) is 53.2 Å². The largest absolute Gasteiger partial charge is 0.480 e. The number of aliphatic carboxylic acids is 1. The molecule has 4 aromatic rings. The summed E-state index contributed by atoms with van der Waals surface area (Å²) in [6.45, 7) is 0.692. The van der Waals surface area contributed by atoms with Gasteiger partial charge in [0.2, 0.25) is 0 Å². The lowest BCUT2D eigenvalue weighted by atomic mass is 10.0. The van der Waals surface area contributed by atoms with E-state index in [0.717, 1.165) is 27.8 Å². The molecule has 0 saturated heterocycles. The second-order valence-corrected chi connectivity index (χ2v) is 8.20. The van der Waals surface area contributed by atoms with Gasteiger partial charge in [-0.15, -0.1) is 0 Å². The molecule has 6 nitrogen and oxygen atoms in total. The Labute approximate surface area is 185 Å². The topological polar surface area (TPSA) is 71.5 Å². The first-order chi connectivity index (χ1) is 14.9. The lowest BCUT2D eigenvalue weighted by Crippen LogP contribution is -2.37. The number of rotatable bonds is 8. The third kappa shape index (κ3) is 4.50. The van der Waals surface area contributed by atoms with Gasteiger partial charge in [0.15, 0.2) is 0 Å². The van der Waals surface area contributed by atoms with Crippen LogP contribution < -0.4 is 0 Å². The van der Waals surface area contributed by atoms with Gasteiger partial charge in [0, 0.05) is 48.1 Å². The fraction of sp³-hybridized carbons (Fsp3) is 0.250. The van der Waals surface area contributed by atoms with E-state index in [1.807, 2.05) is 48.5 Å². The highest BCUT2D eigenvalue weighted by Gasteiger charge is 2.22. The summed E-state index contributed by atoms with van der Waals surface area (Å²) in [5.74, 6) is -0.0541. The molecule has 1 atom stereocenters. The van der Waals surface area contributed by atoms with E-state index in [-0.39, 0.29) is 0 Å². The molecule has 1 unspecified atom stereocenters. The van der Waals surface area contributed by atoms with Gasteiger partial charge in [-0.3, -0.25) is 9.69 Å². The summed E-state index contributed by atoms with van der Waals surface area (Å²) in [5, 5.41) is 15.5. The van der Waals surface area contributed by atoms with Gasteiger partial charge in [-0.05, 0) is 31.8 Å². The summed E-state index contributed by atoms with van der Waals surface area (Å²) in [4.78, 5) is 13.4. The molecule has 0 saturated carbocycles. The van der Waals surface area contributed by atoms with Crippen LogP contribution in [0.25, 0.3) is 22.2 Å². The average Bonchev–Trinajstić information content (AvgIpc) is 3.35. The number of nitrogens with zero attached hydrogens (tertiary/aromatic N) is 3. The molecular weight excluding hydrogens is 414 g/mol. The van der Waals surface area contributed by atoms with Crippen molar-refractivity contribution in [2.75, 3.05) is 14.1 Å². The van der Waals surface area contributed by atoms with E-state index in [1.165, 1.54) is 0 Å². The fourth-order valence-corrected chi connectivity index (χ4v) is 4.06. The van der Waals surface area contributed by atoms with Crippen molar-refractivity contribution >= 4 is 28.5 Å². The van der Waals surface area contributed by atoms with Crippen molar-refractivity contribution in [3.8, 4) is 11.3 Å². The first kappa shape index (κ1) is 21.2. The Morgan fingerprint density at radius 2 is 1.94 bits per heavy atom. The van der Waals surface area contributed by atoms with Crippen LogP contribution in [0.1, 0.15) is 11.3 Å². The molecule has 1 N–H and O–H groups in total. The summed E-state index contributed by atoms with van der Waals surface area (Å²) in [6.07, 6.45) is 3.15. The molecule has 0 spiro atoms. The number of halogens is 1. The zero-order valence-electron chi connectivity index (χ0n) is 17.5. The van der Waals surface area contributed by atoms with Crippen molar-refractivity contribution < 1.29 is 14.4 Å². The first-order valence-corrected chi connectivity index (χ1v) is 10.5. The molecule has 2 aromatic heterocycles. The van der Waals surface area contributed by atoms with Crippen LogP contribution in [0.2, 0.25) is 5.02 Å². The highest BCUT2D eigenvalue weighted by atomic mass is 35.5. The Morgan fingerprint density at radius 1 is 1.19 bits per heavy atom. The Morgan fingerprint density at radius 3 is 2.68 bits per heavy atom. The number of carboxylic acid groups (broad SMARTS) is 1. The summed E-state index contributed by atoms with van der Waals surface area (Å²) in [5.41, 5.74) is 3.66. The maximum Gasteiger partial charge on any atom is 0.321 e. The Kier molecular flexibility index (Phi) is 6.11. The maximum absolute atomic E-state index is 11.7. The van der Waals surface area contributed by atoms with Crippen LogP contribution in [0.5, 0.6) is 0 Å². The van der Waals surface area contributed by atoms with Crippen LogP contribution in [0.4, 0.5) is 0 Å². The lowest BCUT2D eigenvalue weighted by Gasteiger charge is -2.19. The van der Waals surface area contributed by atoms with Gasteiger partial charge in [-0.25, -0.2) is 0 Å². The number of fused-ring (bicyclic) bond motifs is 1. The molecule has 0 radical (unpaired) electrons. The molecule has 31 heavy (non-hydrogen) atoms. The van der Waals surface area contributed by atoms with Gasteiger partial charge < -0.3 is 14.2 Å². The van der Waals surface area contributed by atoms with Crippen LogP contribution >= 0.6 is 11.6 Å². The van der Waals surface area contributed by atoms with Crippen molar-refractivity contribution in [2.24, 2.45) is 0 Å². The van der Waals surface area contributed by atoms with E-state index in [2.05, 4.69) is 22.0 Å². The smallest absolute Gasteiger partial charge is 0.321 e. The number of para-hydroxylation sites is 1. The first-order valence-electron chi connectivity index (χ1n) is 10.1. The molecule has 160 valence electrons. The van der Waals surface area contributed by atoms with Gasteiger partial charge in [0.1, 0.15) is 17.5 Å². The number of aromatic nitrogens is 2. The molecule has 0 fully saturated rings. The van der Waals surface area contributed by atoms with Gasteiger partial charge >= 0.3 is 5.97 Å². The summed E-state index contributed by atoms with van der Waals surface area (Å²) >= 11 is 6.26. The number of carboxylic acids is 1. The zero-order chi connectivity index (χ0) is 22.0. The zero-order valence-corrected chi connectivity index (χ0v) is 18.2. The predicted molar refractivity (Wildman–Crippen MR) is 121 cm³/mol. The second kappa shape index (κ2) is 8.96. The van der Waals surface area contributed by atoms with E-state index in [1.54, 1.807) is 19.0 Å². The number of likely N-dealkylation sites (N-methyl/N-ethyl adjacent to an activating group) is 1. The highest BCUT2D eigenvalue weighted by Crippen LogP contribution is 2.28. The van der Waals surface area contributed by atoms with E-state index in [4.69, 9.17) is 16.1 Å². The van der Waals surface area contributed by atoms with Crippen molar-refractivity contribution in [3.63, 3.8) is 0 Å². The molecule has 2 aromatic carbocycles. The molecule has 0 bridgehead atoms. The van der Waals surface area contributed by atoms with Crippen LogP contribution in [0.15, 0.2) is 65.3 Å². The van der Waals surface area contributed by atoms with Crippen LogP contribution in [-0.4, -0.2) is 45.8 Å². The normalized spacial score (nSPS) is 12.5. The van der Waals surface area contributed by atoms with Crippen molar-refractivity contribution in [1.29, 1.82) is 0 Å². The summed E-state index contributed by atoms with van der Waals surface area (Å²) in [7, 11) is 3.58. The number of aryl methyl sites for hydroxylation is 2. The maximum atomic E-state index is 11.7. The predicted octanol–water partition coefficient (Wildman–Crippen LogP) is 4.75. The minimum Gasteiger partial charge on any atom is -0.480 e. The SMILES string of the molecule is CN(C)C(Cc1cn(CCc2cc(-c3ccccc3Cl)no2)c2ccccc12)C(=O)O. The van der Waals surface area contributed by atoms with Crippen molar-refractivity contribution in [3.05, 3.63) is 77.1 Å². The fourth-order valence-electron chi connectivity index (χ4n) is 3.83. The highest BCUT2D eigenvalue weighted by molar-refractivity contribution is 6.33. The number of benzene rings is 2. The third-order valence-electron chi connectivity index (χ3n) is 5.50. The van der Waals surface area contributed by atoms with Crippen LogP contribution in [0.3, 0.4) is 0 Å². The quantitative estimate of drug-likeness (QED) is 0.430. The standard InChI is InChI=1S/C24H24ClN3O3/c1-27(2)23(24(29)30)13-16-15-28(22-10-6-4-7-18(16)22)12-11-17-14-21(26-31-17)19-8-3-5-9-20(19)25/h3-10,14-15,23H,11-13H2,1-2H3,(H,29,30). The van der Waals surface area contributed by atoms with Crippen LogP contribution in [-0.2, 0) is 24.2 Å². The Hall–Kier alpha value is -3.09. The second-order valence-electron chi connectivity index (χ2n) is 7.79. The lowest BCUT2D eigenvalue weighted by molar-refractivity contribution is -0.142. The number of hydrogen-bond donors (Lipinski definition) is 1. The van der Waals surface area contributed by atoms with Gasteiger partial charge in [0.05, 0.1) is 5.02 Å². The average molecular weight is 438 g/mol. The molecule has 0 aliphatic carbocycles. The van der Waals surface area contributed by atoms with Crippen LogP contribution in [0, 0.1) is 0 Å². The number of hydrogen-bond acceptors (Lipinski definition) is 4. The van der Waals surface area contributed by atoms with E-state index in [9.17, 15) is 9.90 Å². The van der Waals surface area contributed by atoms with E-state index >= 15 is 0 Å². The number of carbonyl (C=O) groups is 1. The summed E-state index contributed by atoms with van der Waals surface area (Å²) < 4.78 is 7.69. The van der Waals surface area contributed by atoms with E-state index < -0.39 is 12.0 Å². The molecule has 0 aliphatic heterocycles. The summed E-state index contributed by atoms with van der Waals surface area (Å²) in [6, 6.07) is 17.0. The van der Waals surface area contributed by atoms with Crippen molar-refractivity contribution in [2.45, 2.75) is 25.4 Å². The molecular formula is C24H24ClN3O3. The molecule has 0 amide bonds. The van der Waals surface area contributed by atoms with E-state index in [0.29, 0.717) is 30.1 Å². The Balaban J connectivity index is 1.56.